The normalized spacial score (nSPS) is 15.8. The van der Waals surface area contributed by atoms with Crippen LogP contribution in [-0.4, -0.2) is 32.6 Å². The van der Waals surface area contributed by atoms with Gasteiger partial charge in [0, 0.05) is 15.0 Å². The van der Waals surface area contributed by atoms with Crippen LogP contribution in [0.2, 0.25) is 0 Å². The average molecular weight is 470 g/mol. The predicted molar refractivity (Wildman–Crippen MR) is 127 cm³/mol. The number of rotatable bonds is 7. The van der Waals surface area contributed by atoms with E-state index in [-0.39, 0.29) is 20.4 Å². The molecule has 0 spiro atoms. The summed E-state index contributed by atoms with van der Waals surface area (Å²) in [7, 11) is -3.52. The molecule has 1 saturated carbocycles. The molecule has 2 N–H and O–H groups in total. The summed E-state index contributed by atoms with van der Waals surface area (Å²) in [5, 5.41) is 2.95. The lowest BCUT2D eigenvalue weighted by Gasteiger charge is -2.16. The maximum Gasteiger partial charge on any atom is 0.240 e. The molecule has 33 heavy (non-hydrogen) atoms. The first-order chi connectivity index (χ1) is 15.9. The minimum Gasteiger partial charge on any atom is -0.454 e. The number of nitrogens with zero attached hydrogens (tertiary/aromatic N) is 1. The summed E-state index contributed by atoms with van der Waals surface area (Å²) >= 11 is 0. The number of ether oxygens (including phenoxy) is 2. The molecule has 1 aliphatic heterocycles. The topological polar surface area (TPSA) is 107 Å². The molecule has 5 rings (SSSR count). The number of aromatic nitrogens is 1. The summed E-state index contributed by atoms with van der Waals surface area (Å²) in [5.74, 6) is 1.67. The molecule has 1 fully saturated rings. The highest BCUT2D eigenvalue weighted by Crippen LogP contribution is 2.51. The van der Waals surface area contributed by atoms with Crippen molar-refractivity contribution in [1.29, 1.82) is 0 Å². The number of hydrogen-bond acceptors (Lipinski definition) is 6. The number of nitrogens with one attached hydrogen (secondary N) is 2. The van der Waals surface area contributed by atoms with E-state index in [9.17, 15) is 13.2 Å². The van der Waals surface area contributed by atoms with Crippen LogP contribution in [0.4, 0.5) is 5.82 Å². The van der Waals surface area contributed by atoms with Gasteiger partial charge in [-0.15, -0.1) is 0 Å². The van der Waals surface area contributed by atoms with Crippen LogP contribution in [0.25, 0.3) is 11.3 Å². The molecule has 3 aromatic rings. The lowest BCUT2D eigenvalue weighted by molar-refractivity contribution is -0.118. The summed E-state index contributed by atoms with van der Waals surface area (Å²) in [6.07, 6.45) is 1.50. The minimum atomic E-state index is -3.52. The molecule has 1 aliphatic carbocycles. The number of anilines is 1. The lowest BCUT2D eigenvalue weighted by atomic mass is 9.94. The van der Waals surface area contributed by atoms with Gasteiger partial charge >= 0.3 is 0 Å². The Hall–Kier alpha value is -3.43. The van der Waals surface area contributed by atoms with E-state index in [0.717, 1.165) is 24.0 Å². The quantitative estimate of drug-likeness (QED) is 0.543. The van der Waals surface area contributed by atoms with Gasteiger partial charge in [-0.2, -0.15) is 0 Å². The summed E-state index contributed by atoms with van der Waals surface area (Å²) < 4.78 is 37.6. The van der Waals surface area contributed by atoms with E-state index in [1.165, 1.54) is 0 Å². The van der Waals surface area contributed by atoms with Crippen LogP contribution in [0.5, 0.6) is 11.5 Å². The fourth-order valence-electron chi connectivity index (χ4n) is 3.95. The molecule has 1 aromatic heterocycles. The van der Waals surface area contributed by atoms with Gasteiger partial charge in [-0.3, -0.25) is 4.79 Å². The Balaban J connectivity index is 0.00000171. The number of hydrogen-bond donors (Lipinski definition) is 2. The SMILES string of the molecule is CCNS(=O)(=O)c1ccc(-c2cccc(NC(=O)C3(c4ccc5c(c4)OCO5)CC3)n2)cc1.[HH].[HH]. The molecule has 174 valence electrons. The number of pyridine rings is 1. The van der Waals surface area contributed by atoms with Gasteiger partial charge < -0.3 is 14.8 Å². The highest BCUT2D eigenvalue weighted by atomic mass is 32.2. The largest absolute Gasteiger partial charge is 0.454 e. The van der Waals surface area contributed by atoms with E-state index in [1.54, 1.807) is 43.3 Å². The Kier molecular flexibility index (Phi) is 5.30. The number of carbonyl (C=O) groups is 1. The number of fused-ring (bicyclic) bond motifs is 1. The lowest BCUT2D eigenvalue weighted by Crippen LogP contribution is -2.28. The van der Waals surface area contributed by atoms with Gasteiger partial charge in [0.1, 0.15) is 5.82 Å². The molecular weight excluding hydrogens is 442 g/mol. The zero-order chi connectivity index (χ0) is 23.1. The first kappa shape index (κ1) is 21.4. The Bertz CT molecular complexity index is 1330. The summed E-state index contributed by atoms with van der Waals surface area (Å²) in [6.45, 7) is 2.24. The average Bonchev–Trinajstić information content (AvgIpc) is 3.50. The van der Waals surface area contributed by atoms with Gasteiger partial charge in [0.25, 0.3) is 0 Å². The van der Waals surface area contributed by atoms with Gasteiger partial charge in [-0.25, -0.2) is 18.1 Å². The van der Waals surface area contributed by atoms with Crippen LogP contribution in [0.15, 0.2) is 65.6 Å². The van der Waals surface area contributed by atoms with Gasteiger partial charge in [0.15, 0.2) is 11.5 Å². The monoisotopic (exact) mass is 469 g/mol. The van der Waals surface area contributed by atoms with Crippen molar-refractivity contribution in [2.75, 3.05) is 18.7 Å². The Morgan fingerprint density at radius 1 is 1.06 bits per heavy atom. The first-order valence-corrected chi connectivity index (χ1v) is 12.2. The third-order valence-corrected chi connectivity index (χ3v) is 7.46. The maximum atomic E-state index is 13.2. The Morgan fingerprint density at radius 2 is 1.82 bits per heavy atom. The number of benzene rings is 2. The molecule has 8 nitrogen and oxygen atoms in total. The van der Waals surface area contributed by atoms with Crippen LogP contribution in [0.1, 0.15) is 28.2 Å². The zero-order valence-corrected chi connectivity index (χ0v) is 18.8. The highest BCUT2D eigenvalue weighted by molar-refractivity contribution is 7.89. The van der Waals surface area contributed by atoms with E-state index in [0.29, 0.717) is 29.6 Å². The molecule has 2 aliphatic rings. The van der Waals surface area contributed by atoms with Gasteiger partial charge in [-0.05, 0) is 54.8 Å². The van der Waals surface area contributed by atoms with Crippen molar-refractivity contribution in [2.24, 2.45) is 0 Å². The molecule has 1 amide bonds. The van der Waals surface area contributed by atoms with Gasteiger partial charge in [-0.1, -0.05) is 31.2 Å². The first-order valence-electron chi connectivity index (χ1n) is 10.7. The molecule has 2 heterocycles. The Labute approximate surface area is 195 Å². The maximum absolute atomic E-state index is 13.2. The summed E-state index contributed by atoms with van der Waals surface area (Å²) in [6, 6.07) is 17.5. The van der Waals surface area contributed by atoms with Crippen LogP contribution in [-0.2, 0) is 20.2 Å². The Morgan fingerprint density at radius 3 is 2.55 bits per heavy atom. The molecular formula is C24H27N3O5S. The molecule has 9 heteroatoms. The van der Waals surface area contributed by atoms with Crippen LogP contribution in [0, 0.1) is 0 Å². The second-order valence-corrected chi connectivity index (χ2v) is 9.80. The standard InChI is InChI=1S/C24H23N3O5S.2H2/c1-2-25-33(29,30)18-9-6-16(7-10-18)19-4-3-5-22(26-19)27-23(28)24(12-13-24)17-8-11-20-21(14-17)32-15-31-20;;/h3-11,14,25H,2,12-13,15H2,1H3,(H,26,27,28);2*1H. The number of amides is 1. The number of sulfonamides is 1. The molecule has 0 bridgehead atoms. The zero-order valence-electron chi connectivity index (χ0n) is 18.0. The van der Waals surface area contributed by atoms with Gasteiger partial charge in [0.2, 0.25) is 22.7 Å². The second kappa shape index (κ2) is 8.17. The van der Waals surface area contributed by atoms with Crippen molar-refractivity contribution in [3.05, 3.63) is 66.2 Å². The van der Waals surface area contributed by atoms with Crippen molar-refractivity contribution in [1.82, 2.24) is 9.71 Å². The summed E-state index contributed by atoms with van der Waals surface area (Å²) in [4.78, 5) is 17.9. The van der Waals surface area contributed by atoms with E-state index in [4.69, 9.17) is 9.47 Å². The molecule has 0 saturated heterocycles. The van der Waals surface area contributed by atoms with Crippen molar-refractivity contribution in [2.45, 2.75) is 30.1 Å². The van der Waals surface area contributed by atoms with Crippen LogP contribution in [0.3, 0.4) is 0 Å². The van der Waals surface area contributed by atoms with E-state index >= 15 is 0 Å². The van der Waals surface area contributed by atoms with Crippen molar-refractivity contribution in [3.63, 3.8) is 0 Å². The third kappa shape index (κ3) is 4.05. The van der Waals surface area contributed by atoms with E-state index in [1.807, 2.05) is 24.3 Å². The second-order valence-electron chi connectivity index (χ2n) is 8.04. The van der Waals surface area contributed by atoms with Crippen molar-refractivity contribution < 1.29 is 25.5 Å². The van der Waals surface area contributed by atoms with E-state index in [2.05, 4.69) is 15.0 Å². The molecule has 2 aromatic carbocycles. The minimum absolute atomic E-state index is 0. The van der Waals surface area contributed by atoms with Crippen molar-refractivity contribution >= 4 is 21.7 Å². The predicted octanol–water partition coefficient (Wildman–Crippen LogP) is 3.94. The van der Waals surface area contributed by atoms with Crippen molar-refractivity contribution in [3.8, 4) is 22.8 Å². The summed E-state index contributed by atoms with van der Waals surface area (Å²) in [5.41, 5.74) is 1.69. The third-order valence-electron chi connectivity index (χ3n) is 5.90. The fourth-order valence-corrected chi connectivity index (χ4v) is 4.99. The highest BCUT2D eigenvalue weighted by Gasteiger charge is 2.51. The van der Waals surface area contributed by atoms with Crippen LogP contribution >= 0.6 is 0 Å². The molecule has 0 atom stereocenters. The molecule has 0 radical (unpaired) electrons. The van der Waals surface area contributed by atoms with E-state index < -0.39 is 15.4 Å². The van der Waals surface area contributed by atoms with Crippen LogP contribution < -0.4 is 19.5 Å². The fraction of sp³-hybridized carbons (Fsp3) is 0.250. The number of carbonyl (C=O) groups excluding carboxylic acids is 1. The molecule has 0 unspecified atom stereocenters. The van der Waals surface area contributed by atoms with Gasteiger partial charge in [0.05, 0.1) is 16.0 Å². The smallest absolute Gasteiger partial charge is 0.240 e.